The SMILES string of the molecule is Cc1nn(CC(=O)N[C@H]2C[C@@H]3CC[C@]2(C)C3(C)C)c(C)c1[N+](=O)[O-]. The third-order valence-corrected chi connectivity index (χ3v) is 6.95. The Balaban J connectivity index is 1.72. The van der Waals surface area contributed by atoms with E-state index in [0.717, 1.165) is 12.8 Å². The lowest BCUT2D eigenvalue weighted by Gasteiger charge is -2.39. The first-order valence-electron chi connectivity index (χ1n) is 8.55. The number of carbonyl (C=O) groups excluding carboxylic acids is 1. The summed E-state index contributed by atoms with van der Waals surface area (Å²) in [4.78, 5) is 23.1. The van der Waals surface area contributed by atoms with Gasteiger partial charge in [-0.15, -0.1) is 0 Å². The number of hydrogen-bond acceptors (Lipinski definition) is 4. The fourth-order valence-corrected chi connectivity index (χ4v) is 4.90. The standard InChI is InChI=1S/C17H26N4O3/c1-10-15(21(23)24)11(2)20(19-10)9-14(22)18-13-8-12-6-7-17(13,5)16(12,3)4/h12-13H,6-9H2,1-5H3,(H,18,22)/t12-,13-,17-/m0/s1. The number of nitrogens with one attached hydrogen (secondary N) is 1. The first-order chi connectivity index (χ1) is 11.1. The van der Waals surface area contributed by atoms with Crippen LogP contribution in [0, 0.1) is 40.7 Å². The van der Waals surface area contributed by atoms with Crippen LogP contribution in [0.15, 0.2) is 0 Å². The number of carbonyl (C=O) groups is 1. The van der Waals surface area contributed by atoms with Crippen LogP contribution in [-0.4, -0.2) is 26.7 Å². The summed E-state index contributed by atoms with van der Waals surface area (Å²) in [5.41, 5.74) is 1.12. The summed E-state index contributed by atoms with van der Waals surface area (Å²) < 4.78 is 1.43. The predicted octanol–water partition coefficient (Wildman–Crippen LogP) is 2.74. The summed E-state index contributed by atoms with van der Waals surface area (Å²) in [6, 6.07) is 0.172. The number of nitrogens with zero attached hydrogens (tertiary/aromatic N) is 3. The molecule has 3 atom stereocenters. The number of rotatable bonds is 4. The van der Waals surface area contributed by atoms with E-state index in [1.165, 1.54) is 11.1 Å². The van der Waals surface area contributed by atoms with E-state index < -0.39 is 4.92 Å². The molecule has 0 radical (unpaired) electrons. The van der Waals surface area contributed by atoms with Crippen LogP contribution in [0.4, 0.5) is 5.69 Å². The second kappa shape index (κ2) is 5.29. The largest absolute Gasteiger partial charge is 0.351 e. The van der Waals surface area contributed by atoms with Crippen LogP contribution < -0.4 is 5.32 Å². The van der Waals surface area contributed by atoms with Crippen LogP contribution in [0.5, 0.6) is 0 Å². The second-order valence-corrected chi connectivity index (χ2v) is 8.16. The topological polar surface area (TPSA) is 90.1 Å². The van der Waals surface area contributed by atoms with E-state index in [-0.39, 0.29) is 35.0 Å². The van der Waals surface area contributed by atoms with Crippen LogP contribution >= 0.6 is 0 Å². The minimum absolute atomic E-state index is 0.00387. The Hall–Kier alpha value is -1.92. The molecule has 2 bridgehead atoms. The molecule has 0 aliphatic heterocycles. The molecule has 1 heterocycles. The number of aromatic nitrogens is 2. The zero-order valence-electron chi connectivity index (χ0n) is 15.0. The van der Waals surface area contributed by atoms with Crippen LogP contribution in [0.1, 0.15) is 51.4 Å². The molecular weight excluding hydrogens is 308 g/mol. The van der Waals surface area contributed by atoms with E-state index in [4.69, 9.17) is 0 Å². The van der Waals surface area contributed by atoms with E-state index in [0.29, 0.717) is 17.3 Å². The lowest BCUT2D eigenvalue weighted by molar-refractivity contribution is -0.386. The zero-order chi connectivity index (χ0) is 17.9. The summed E-state index contributed by atoms with van der Waals surface area (Å²) in [7, 11) is 0. The molecule has 132 valence electrons. The summed E-state index contributed by atoms with van der Waals surface area (Å²) in [5.74, 6) is 0.535. The van der Waals surface area contributed by atoms with Crippen molar-refractivity contribution in [3.63, 3.8) is 0 Å². The molecule has 1 aromatic heterocycles. The number of amides is 1. The van der Waals surface area contributed by atoms with Gasteiger partial charge >= 0.3 is 5.69 Å². The maximum atomic E-state index is 12.5. The molecule has 1 amide bonds. The van der Waals surface area contributed by atoms with Crippen molar-refractivity contribution in [2.45, 2.75) is 66.5 Å². The van der Waals surface area contributed by atoms with Crippen molar-refractivity contribution in [3.05, 3.63) is 21.5 Å². The molecule has 24 heavy (non-hydrogen) atoms. The Kier molecular flexibility index (Phi) is 3.73. The van der Waals surface area contributed by atoms with E-state index in [2.05, 4.69) is 31.2 Å². The van der Waals surface area contributed by atoms with Gasteiger partial charge in [-0.25, -0.2) is 0 Å². The van der Waals surface area contributed by atoms with Gasteiger partial charge in [-0.05, 0) is 49.9 Å². The van der Waals surface area contributed by atoms with Crippen LogP contribution in [0.3, 0.4) is 0 Å². The van der Waals surface area contributed by atoms with Gasteiger partial charge in [-0.1, -0.05) is 20.8 Å². The first kappa shape index (κ1) is 16.9. The highest BCUT2D eigenvalue weighted by atomic mass is 16.6. The lowest BCUT2D eigenvalue weighted by Crippen LogP contribution is -2.47. The predicted molar refractivity (Wildman–Crippen MR) is 89.5 cm³/mol. The maximum Gasteiger partial charge on any atom is 0.312 e. The van der Waals surface area contributed by atoms with Crippen molar-refractivity contribution in [1.29, 1.82) is 0 Å². The molecule has 0 aromatic carbocycles. The summed E-state index contributed by atoms with van der Waals surface area (Å²) in [5, 5.41) is 18.4. The maximum absolute atomic E-state index is 12.5. The minimum atomic E-state index is -0.439. The van der Waals surface area contributed by atoms with E-state index in [1.54, 1.807) is 13.8 Å². The quantitative estimate of drug-likeness (QED) is 0.677. The fraction of sp³-hybridized carbons (Fsp3) is 0.765. The lowest BCUT2D eigenvalue weighted by atomic mass is 9.69. The van der Waals surface area contributed by atoms with Crippen molar-refractivity contribution >= 4 is 11.6 Å². The third-order valence-electron chi connectivity index (χ3n) is 6.95. The second-order valence-electron chi connectivity index (χ2n) is 8.16. The van der Waals surface area contributed by atoms with Gasteiger partial charge in [-0.3, -0.25) is 19.6 Å². The smallest absolute Gasteiger partial charge is 0.312 e. The van der Waals surface area contributed by atoms with Crippen molar-refractivity contribution < 1.29 is 9.72 Å². The third kappa shape index (κ3) is 2.24. The molecule has 0 saturated heterocycles. The average molecular weight is 334 g/mol. The highest BCUT2D eigenvalue weighted by molar-refractivity contribution is 5.76. The molecule has 7 nitrogen and oxygen atoms in total. The van der Waals surface area contributed by atoms with Gasteiger partial charge in [0, 0.05) is 6.04 Å². The molecule has 1 N–H and O–H groups in total. The molecule has 0 spiro atoms. The molecule has 0 unspecified atom stereocenters. The first-order valence-corrected chi connectivity index (χ1v) is 8.55. The van der Waals surface area contributed by atoms with Crippen molar-refractivity contribution in [2.75, 3.05) is 0 Å². The van der Waals surface area contributed by atoms with Crippen LogP contribution in [0.2, 0.25) is 0 Å². The molecule has 2 aliphatic carbocycles. The summed E-state index contributed by atoms with van der Waals surface area (Å²) >= 11 is 0. The Bertz CT molecular complexity index is 709. The Morgan fingerprint density at radius 1 is 1.42 bits per heavy atom. The summed E-state index contributed by atoms with van der Waals surface area (Å²) in [6.07, 6.45) is 3.40. The monoisotopic (exact) mass is 334 g/mol. The van der Waals surface area contributed by atoms with Crippen molar-refractivity contribution in [1.82, 2.24) is 15.1 Å². The fourth-order valence-electron chi connectivity index (χ4n) is 4.90. The number of aryl methyl sites for hydroxylation is 1. The summed E-state index contributed by atoms with van der Waals surface area (Å²) in [6.45, 7) is 10.1. The number of hydrogen-bond donors (Lipinski definition) is 1. The van der Waals surface area contributed by atoms with Crippen LogP contribution in [0.25, 0.3) is 0 Å². The van der Waals surface area contributed by atoms with E-state index in [1.807, 2.05) is 0 Å². The van der Waals surface area contributed by atoms with Gasteiger partial charge < -0.3 is 5.32 Å². The average Bonchev–Trinajstić information content (AvgIpc) is 2.93. The van der Waals surface area contributed by atoms with Gasteiger partial charge in [0.1, 0.15) is 17.9 Å². The minimum Gasteiger partial charge on any atom is -0.351 e. The van der Waals surface area contributed by atoms with E-state index >= 15 is 0 Å². The normalized spacial score (nSPS) is 30.5. The van der Waals surface area contributed by atoms with Gasteiger partial charge in [0.15, 0.2) is 0 Å². The number of fused-ring (bicyclic) bond motifs is 2. The molecule has 1 aromatic rings. The van der Waals surface area contributed by atoms with Crippen molar-refractivity contribution in [2.24, 2.45) is 16.7 Å². The van der Waals surface area contributed by atoms with E-state index in [9.17, 15) is 14.9 Å². The van der Waals surface area contributed by atoms with Gasteiger partial charge in [0.05, 0.1) is 4.92 Å². The highest BCUT2D eigenvalue weighted by Gasteiger charge is 2.61. The van der Waals surface area contributed by atoms with Gasteiger partial charge in [-0.2, -0.15) is 5.10 Å². The Labute approximate surface area is 142 Å². The Morgan fingerprint density at radius 3 is 2.54 bits per heavy atom. The van der Waals surface area contributed by atoms with Crippen molar-refractivity contribution in [3.8, 4) is 0 Å². The molecule has 2 aliphatic rings. The van der Waals surface area contributed by atoms with Gasteiger partial charge in [0.25, 0.3) is 0 Å². The van der Waals surface area contributed by atoms with Gasteiger partial charge in [0.2, 0.25) is 5.91 Å². The molecular formula is C17H26N4O3. The molecule has 2 saturated carbocycles. The molecule has 2 fully saturated rings. The van der Waals surface area contributed by atoms with Crippen LogP contribution in [-0.2, 0) is 11.3 Å². The highest BCUT2D eigenvalue weighted by Crippen LogP contribution is 2.65. The molecule has 7 heteroatoms. The molecule has 3 rings (SSSR count). The number of nitro groups is 1. The Morgan fingerprint density at radius 2 is 2.08 bits per heavy atom. The zero-order valence-corrected chi connectivity index (χ0v) is 15.0.